The monoisotopic (exact) mass is 212 g/mol. The number of thioether (sulfide) groups is 1. The van der Waals surface area contributed by atoms with Crippen LogP contribution < -0.4 is 0 Å². The largest absolute Gasteiger partial charge is 0.428 e. The van der Waals surface area contributed by atoms with Crippen molar-refractivity contribution in [2.75, 3.05) is 0 Å². The van der Waals surface area contributed by atoms with Crippen molar-refractivity contribution < 1.29 is 0 Å². The third kappa shape index (κ3) is 2.42. The molecule has 75 valence electrons. The lowest BCUT2D eigenvalue weighted by atomic mass is 10.0. The molecule has 15 heavy (non-hydrogen) atoms. The summed E-state index contributed by atoms with van der Waals surface area (Å²) in [5.41, 5.74) is 2.49. The van der Waals surface area contributed by atoms with Crippen LogP contribution in [0.2, 0.25) is 0 Å². The highest BCUT2D eigenvalue weighted by molar-refractivity contribution is 8.00. The summed E-state index contributed by atoms with van der Waals surface area (Å²) < 4.78 is 0. The minimum absolute atomic E-state index is 0.229. The van der Waals surface area contributed by atoms with Crippen LogP contribution in [-0.2, 0) is 0 Å². The fourth-order valence-corrected chi connectivity index (χ4v) is 2.23. The Morgan fingerprint density at radius 2 is 1.13 bits per heavy atom. The van der Waals surface area contributed by atoms with Gasteiger partial charge in [-0.3, -0.25) is 0 Å². The van der Waals surface area contributed by atoms with Crippen LogP contribution in [-0.4, -0.2) is 0 Å². The zero-order valence-electron chi connectivity index (χ0n) is 8.34. The molecule has 0 aliphatic rings. The van der Waals surface area contributed by atoms with Crippen LogP contribution in [0.1, 0.15) is 16.4 Å². The molecule has 2 aromatic carbocycles. The van der Waals surface area contributed by atoms with Gasteiger partial charge in [-0.1, -0.05) is 60.7 Å². The van der Waals surface area contributed by atoms with E-state index in [1.165, 1.54) is 22.9 Å². The van der Waals surface area contributed by atoms with E-state index in [1.54, 1.807) is 0 Å². The maximum absolute atomic E-state index is 5.75. The molecule has 0 unspecified atom stereocenters. The maximum Gasteiger partial charge on any atom is 0.0231 e. The Kier molecular flexibility index (Phi) is 3.46. The Balaban J connectivity index is 2.34. The smallest absolute Gasteiger partial charge is 0.0231 e. The first kappa shape index (κ1) is 10.3. The zero-order chi connectivity index (χ0) is 10.5. The summed E-state index contributed by atoms with van der Waals surface area (Å²) in [6.45, 7) is 0. The van der Waals surface area contributed by atoms with Crippen LogP contribution in [0.25, 0.3) is 0 Å². The molecule has 2 aromatic rings. The van der Waals surface area contributed by atoms with Crippen molar-refractivity contribution in [1.82, 2.24) is 0 Å². The molecule has 0 fully saturated rings. The summed E-state index contributed by atoms with van der Waals surface area (Å²) in [6, 6.07) is 20.6. The van der Waals surface area contributed by atoms with Crippen LogP contribution in [0.4, 0.5) is 0 Å². The van der Waals surface area contributed by atoms with Gasteiger partial charge in [-0.25, -0.2) is 0 Å². The molecular weight excluding hydrogens is 200 g/mol. The molecule has 0 spiro atoms. The van der Waals surface area contributed by atoms with Crippen LogP contribution in [0.15, 0.2) is 60.7 Å². The molecule has 0 saturated heterocycles. The molecule has 0 aliphatic heterocycles. The van der Waals surface area contributed by atoms with Crippen molar-refractivity contribution in [3.05, 3.63) is 78.0 Å². The van der Waals surface area contributed by atoms with Crippen molar-refractivity contribution in [3.8, 4) is 0 Å². The molecule has 1 radical (unpaired) electrons. The van der Waals surface area contributed by atoms with Gasteiger partial charge in [0.25, 0.3) is 0 Å². The topological polar surface area (TPSA) is 0 Å². The molecule has 0 nitrogen and oxygen atoms in total. The molecule has 2 rings (SSSR count). The molecule has 0 aliphatic carbocycles. The zero-order valence-corrected chi connectivity index (χ0v) is 9.15. The van der Waals surface area contributed by atoms with Gasteiger partial charge in [-0.2, -0.15) is 0 Å². The van der Waals surface area contributed by atoms with E-state index in [0.29, 0.717) is 0 Å². The predicted octanol–water partition coefficient (Wildman–Crippen LogP) is 4.18. The highest BCUT2D eigenvalue weighted by atomic mass is 32.2. The summed E-state index contributed by atoms with van der Waals surface area (Å²) in [5.74, 6) is 0. The first-order valence-corrected chi connectivity index (χ1v) is 5.81. The number of hydrogen-bond donors (Lipinski definition) is 0. The van der Waals surface area contributed by atoms with Gasteiger partial charge in [0.05, 0.1) is 0 Å². The highest BCUT2D eigenvalue weighted by Crippen LogP contribution is 2.34. The maximum atomic E-state index is 5.75. The Morgan fingerprint density at radius 1 is 0.733 bits per heavy atom. The van der Waals surface area contributed by atoms with E-state index in [0.717, 1.165) is 0 Å². The predicted molar refractivity (Wildman–Crippen MR) is 66.6 cm³/mol. The Bertz CT molecular complexity index is 355. The lowest BCUT2D eigenvalue weighted by molar-refractivity contribution is 1.16. The van der Waals surface area contributed by atoms with Gasteiger partial charge < -0.3 is 18.0 Å². The molecule has 0 N–H and O–H groups in total. The van der Waals surface area contributed by atoms with Crippen LogP contribution in [0.5, 0.6) is 0 Å². The third-order valence-electron chi connectivity index (χ3n) is 2.34. The van der Waals surface area contributed by atoms with Gasteiger partial charge in [0.2, 0.25) is 0 Å². The van der Waals surface area contributed by atoms with Crippen molar-refractivity contribution in [1.29, 1.82) is 0 Å². The molecule has 0 heterocycles. The van der Waals surface area contributed by atoms with Gasteiger partial charge in [0.1, 0.15) is 0 Å². The van der Waals surface area contributed by atoms with Gasteiger partial charge in [0, 0.05) is 5.25 Å². The summed E-state index contributed by atoms with van der Waals surface area (Å²) in [5, 5.41) is 0.229. The van der Waals surface area contributed by atoms with E-state index in [-0.39, 0.29) is 5.25 Å². The van der Waals surface area contributed by atoms with E-state index < -0.39 is 0 Å². The van der Waals surface area contributed by atoms with Crippen molar-refractivity contribution in [2.45, 2.75) is 5.25 Å². The van der Waals surface area contributed by atoms with Crippen LogP contribution in [0.3, 0.4) is 0 Å². The second-order valence-corrected chi connectivity index (χ2v) is 4.08. The van der Waals surface area contributed by atoms with Crippen molar-refractivity contribution >= 4 is 11.8 Å². The number of hydrogen-bond acceptors (Lipinski definition) is 1. The van der Waals surface area contributed by atoms with Crippen LogP contribution >= 0.6 is 11.8 Å². The minimum atomic E-state index is 0.229. The average molecular weight is 212 g/mol. The van der Waals surface area contributed by atoms with Crippen molar-refractivity contribution in [2.24, 2.45) is 0 Å². The highest BCUT2D eigenvalue weighted by Gasteiger charge is 2.07. The van der Waals surface area contributed by atoms with E-state index in [4.69, 9.17) is 6.26 Å². The number of rotatable bonds is 3. The van der Waals surface area contributed by atoms with Gasteiger partial charge in [-0.15, -0.1) is 0 Å². The molecular formula is C14H12S-. The van der Waals surface area contributed by atoms with E-state index in [1.807, 2.05) is 36.4 Å². The quantitative estimate of drug-likeness (QED) is 0.688. The first-order chi connectivity index (χ1) is 7.42. The summed E-state index contributed by atoms with van der Waals surface area (Å²) >= 11 is 1.38. The lowest BCUT2D eigenvalue weighted by Crippen LogP contribution is -1.94. The second kappa shape index (κ2) is 5.04. The SMILES string of the molecule is [CH-]SC(c1ccccc1)c1ccccc1. The lowest BCUT2D eigenvalue weighted by Gasteiger charge is -2.20. The summed E-state index contributed by atoms with van der Waals surface area (Å²) in [4.78, 5) is 0. The van der Waals surface area contributed by atoms with E-state index in [9.17, 15) is 0 Å². The second-order valence-electron chi connectivity index (χ2n) is 3.34. The summed E-state index contributed by atoms with van der Waals surface area (Å²) in [6.07, 6.45) is 5.75. The molecule has 0 aromatic heterocycles. The van der Waals surface area contributed by atoms with Gasteiger partial charge in [-0.05, 0) is 11.1 Å². The van der Waals surface area contributed by atoms with Gasteiger partial charge >= 0.3 is 0 Å². The first-order valence-electron chi connectivity index (χ1n) is 4.87. The summed E-state index contributed by atoms with van der Waals surface area (Å²) in [7, 11) is 0. The van der Waals surface area contributed by atoms with Gasteiger partial charge in [0.15, 0.2) is 0 Å². The Labute approximate surface area is 95.3 Å². The molecule has 1 heteroatoms. The molecule has 0 atom stereocenters. The molecule has 0 bridgehead atoms. The average Bonchev–Trinajstić information content (AvgIpc) is 2.33. The standard InChI is InChI=1S/C14H12S/c1-15-14(12-8-4-2-5-9-12)13-10-6-3-7-11-13/h1-11,14H/q-1. The van der Waals surface area contributed by atoms with Crippen LogP contribution in [0, 0.1) is 6.26 Å². The third-order valence-corrected chi connectivity index (χ3v) is 3.16. The molecule has 0 amide bonds. The molecule has 0 saturated carbocycles. The Hall–Kier alpha value is -1.21. The minimum Gasteiger partial charge on any atom is -0.428 e. The normalized spacial score (nSPS) is 10.5. The van der Waals surface area contributed by atoms with E-state index >= 15 is 0 Å². The fraction of sp³-hybridized carbons (Fsp3) is 0.0714. The van der Waals surface area contributed by atoms with Crippen molar-refractivity contribution in [3.63, 3.8) is 0 Å². The Morgan fingerprint density at radius 3 is 1.47 bits per heavy atom. The number of benzene rings is 2. The fourth-order valence-electron chi connectivity index (χ4n) is 1.61. The van der Waals surface area contributed by atoms with E-state index in [2.05, 4.69) is 24.3 Å².